The SMILES string of the molecule is C=C1CCC(n2c(C)nc3c(N)csc3c2=O)C(=O)N1. The Bertz CT molecular complexity index is 790. The Labute approximate surface area is 118 Å². The maximum Gasteiger partial charge on any atom is 0.272 e. The highest BCUT2D eigenvalue weighted by Crippen LogP contribution is 2.26. The van der Waals surface area contributed by atoms with Gasteiger partial charge in [-0.2, -0.15) is 0 Å². The van der Waals surface area contributed by atoms with E-state index >= 15 is 0 Å². The number of nitrogens with zero attached hydrogens (tertiary/aromatic N) is 2. The van der Waals surface area contributed by atoms with Gasteiger partial charge in [-0.3, -0.25) is 14.2 Å². The van der Waals surface area contributed by atoms with Crippen molar-refractivity contribution < 1.29 is 4.79 Å². The number of nitrogens with two attached hydrogens (primary N) is 1. The summed E-state index contributed by atoms with van der Waals surface area (Å²) in [5.74, 6) is 0.289. The molecule has 0 radical (unpaired) electrons. The lowest BCUT2D eigenvalue weighted by molar-refractivity contribution is -0.124. The molecule has 2 aromatic rings. The maximum atomic E-state index is 12.6. The van der Waals surface area contributed by atoms with Crippen molar-refractivity contribution in [2.45, 2.75) is 25.8 Å². The normalized spacial score (nSPS) is 19.4. The molecule has 6 nitrogen and oxygen atoms in total. The number of nitrogens with one attached hydrogen (secondary N) is 1. The van der Waals surface area contributed by atoms with E-state index in [1.165, 1.54) is 15.9 Å². The van der Waals surface area contributed by atoms with E-state index in [2.05, 4.69) is 16.9 Å². The third-order valence-electron chi connectivity index (χ3n) is 3.46. The number of hydrogen-bond acceptors (Lipinski definition) is 5. The van der Waals surface area contributed by atoms with Crippen LogP contribution in [-0.2, 0) is 4.79 Å². The number of carbonyl (C=O) groups is 1. The zero-order valence-corrected chi connectivity index (χ0v) is 11.8. The van der Waals surface area contributed by atoms with Gasteiger partial charge in [0.1, 0.15) is 22.1 Å². The first-order valence-corrected chi connectivity index (χ1v) is 7.11. The lowest BCUT2D eigenvalue weighted by Crippen LogP contribution is -2.41. The molecule has 1 atom stereocenters. The van der Waals surface area contributed by atoms with Crippen LogP contribution in [0.4, 0.5) is 5.69 Å². The molecule has 0 aliphatic carbocycles. The van der Waals surface area contributed by atoms with E-state index in [0.29, 0.717) is 40.3 Å². The van der Waals surface area contributed by atoms with E-state index in [9.17, 15) is 9.59 Å². The first-order valence-electron chi connectivity index (χ1n) is 6.23. The molecule has 0 bridgehead atoms. The number of aromatic nitrogens is 2. The van der Waals surface area contributed by atoms with Crippen LogP contribution >= 0.6 is 11.3 Å². The van der Waals surface area contributed by atoms with Crippen LogP contribution < -0.4 is 16.6 Å². The van der Waals surface area contributed by atoms with E-state index in [-0.39, 0.29) is 11.5 Å². The summed E-state index contributed by atoms with van der Waals surface area (Å²) in [6, 6.07) is -0.534. The Morgan fingerprint density at radius 1 is 1.55 bits per heavy atom. The summed E-state index contributed by atoms with van der Waals surface area (Å²) in [7, 11) is 0. The van der Waals surface area contributed by atoms with Gasteiger partial charge in [0.25, 0.3) is 5.56 Å². The molecule has 0 aromatic carbocycles. The number of anilines is 1. The molecule has 20 heavy (non-hydrogen) atoms. The van der Waals surface area contributed by atoms with Gasteiger partial charge in [-0.25, -0.2) is 4.98 Å². The summed E-state index contributed by atoms with van der Waals surface area (Å²) in [5, 5.41) is 4.39. The maximum absolute atomic E-state index is 12.6. The molecule has 1 fully saturated rings. The Morgan fingerprint density at radius 3 is 3.00 bits per heavy atom. The third kappa shape index (κ3) is 1.82. The molecule has 3 rings (SSSR count). The van der Waals surface area contributed by atoms with Crippen molar-refractivity contribution >= 4 is 33.1 Å². The number of fused-ring (bicyclic) bond motifs is 1. The molecule has 1 amide bonds. The summed E-state index contributed by atoms with van der Waals surface area (Å²) < 4.78 is 1.95. The summed E-state index contributed by atoms with van der Waals surface area (Å²) in [6.07, 6.45) is 1.21. The Morgan fingerprint density at radius 2 is 2.30 bits per heavy atom. The van der Waals surface area contributed by atoms with Crippen molar-refractivity contribution in [2.24, 2.45) is 0 Å². The fourth-order valence-corrected chi connectivity index (χ4v) is 3.31. The van der Waals surface area contributed by atoms with Gasteiger partial charge < -0.3 is 11.1 Å². The van der Waals surface area contributed by atoms with Gasteiger partial charge in [0.05, 0.1) is 5.69 Å². The number of rotatable bonds is 1. The van der Waals surface area contributed by atoms with Gasteiger partial charge in [-0.05, 0) is 19.8 Å². The standard InChI is InChI=1S/C13H14N4O2S/c1-6-3-4-9(12(18)15-6)17-7(2)16-10-8(14)5-20-11(10)13(17)19/h5,9H,1,3-4,14H2,2H3,(H,15,18). The van der Waals surface area contributed by atoms with Crippen LogP contribution in [0.15, 0.2) is 22.5 Å². The van der Waals surface area contributed by atoms with Gasteiger partial charge in [-0.1, -0.05) is 6.58 Å². The van der Waals surface area contributed by atoms with Crippen molar-refractivity contribution in [3.63, 3.8) is 0 Å². The van der Waals surface area contributed by atoms with Crippen LogP contribution in [-0.4, -0.2) is 15.5 Å². The first-order chi connectivity index (χ1) is 9.49. The number of aryl methyl sites for hydroxylation is 1. The zero-order valence-electron chi connectivity index (χ0n) is 11.0. The van der Waals surface area contributed by atoms with E-state index in [1.54, 1.807) is 12.3 Å². The van der Waals surface area contributed by atoms with E-state index in [4.69, 9.17) is 5.73 Å². The molecule has 0 spiro atoms. The lowest BCUT2D eigenvalue weighted by Gasteiger charge is -2.26. The summed E-state index contributed by atoms with van der Waals surface area (Å²) in [6.45, 7) is 5.46. The Kier molecular flexibility index (Phi) is 2.86. The van der Waals surface area contributed by atoms with Crippen LogP contribution in [0.1, 0.15) is 24.7 Å². The van der Waals surface area contributed by atoms with Crippen LogP contribution in [0.25, 0.3) is 10.2 Å². The molecule has 3 heterocycles. The van der Waals surface area contributed by atoms with Crippen molar-refractivity contribution in [3.8, 4) is 0 Å². The topological polar surface area (TPSA) is 90.0 Å². The lowest BCUT2D eigenvalue weighted by atomic mass is 10.0. The van der Waals surface area contributed by atoms with Gasteiger partial charge >= 0.3 is 0 Å². The molecular weight excluding hydrogens is 276 g/mol. The summed E-state index contributed by atoms with van der Waals surface area (Å²) in [5.41, 5.74) is 7.30. The van der Waals surface area contributed by atoms with E-state index in [0.717, 1.165) is 0 Å². The van der Waals surface area contributed by atoms with Gasteiger partial charge in [0.2, 0.25) is 5.91 Å². The largest absolute Gasteiger partial charge is 0.396 e. The van der Waals surface area contributed by atoms with Crippen molar-refractivity contribution in [2.75, 3.05) is 5.73 Å². The first kappa shape index (κ1) is 12.9. The fourth-order valence-electron chi connectivity index (χ4n) is 2.48. The molecule has 0 saturated carbocycles. The van der Waals surface area contributed by atoms with Crippen LogP contribution in [0.2, 0.25) is 0 Å². The average Bonchev–Trinajstić information content (AvgIpc) is 2.74. The number of amides is 1. The number of nitrogen functional groups attached to an aromatic ring is 1. The highest BCUT2D eigenvalue weighted by atomic mass is 32.1. The molecular formula is C13H14N4O2S. The van der Waals surface area contributed by atoms with Crippen molar-refractivity contribution in [3.05, 3.63) is 33.8 Å². The molecule has 2 aromatic heterocycles. The number of thiophene rings is 1. The predicted molar refractivity (Wildman–Crippen MR) is 78.6 cm³/mol. The quantitative estimate of drug-likeness (QED) is 0.828. The smallest absolute Gasteiger partial charge is 0.272 e. The third-order valence-corrected chi connectivity index (χ3v) is 4.44. The van der Waals surface area contributed by atoms with Gasteiger partial charge in [0, 0.05) is 11.1 Å². The molecule has 1 saturated heterocycles. The molecule has 3 N–H and O–H groups in total. The van der Waals surface area contributed by atoms with E-state index < -0.39 is 6.04 Å². The van der Waals surface area contributed by atoms with Crippen LogP contribution in [0.3, 0.4) is 0 Å². The minimum Gasteiger partial charge on any atom is -0.396 e. The number of carbonyl (C=O) groups excluding carboxylic acids is 1. The van der Waals surface area contributed by atoms with E-state index in [1.807, 2.05) is 0 Å². The average molecular weight is 290 g/mol. The Hall–Kier alpha value is -2.15. The van der Waals surface area contributed by atoms with Crippen molar-refractivity contribution in [1.82, 2.24) is 14.9 Å². The molecule has 1 unspecified atom stereocenters. The van der Waals surface area contributed by atoms with Gasteiger partial charge in [-0.15, -0.1) is 11.3 Å². The van der Waals surface area contributed by atoms with Crippen LogP contribution in [0, 0.1) is 6.92 Å². The number of hydrogen-bond donors (Lipinski definition) is 2. The second-order valence-electron chi connectivity index (χ2n) is 4.85. The predicted octanol–water partition coefficient (Wildman–Crippen LogP) is 1.31. The minimum absolute atomic E-state index is 0.207. The second-order valence-corrected chi connectivity index (χ2v) is 5.73. The monoisotopic (exact) mass is 290 g/mol. The van der Waals surface area contributed by atoms with Crippen molar-refractivity contribution in [1.29, 1.82) is 0 Å². The summed E-state index contributed by atoms with van der Waals surface area (Å²) >= 11 is 1.26. The number of piperidine rings is 1. The molecule has 1 aliphatic heterocycles. The fraction of sp³-hybridized carbons (Fsp3) is 0.308. The number of allylic oxidation sites excluding steroid dienone is 1. The summed E-state index contributed by atoms with van der Waals surface area (Å²) in [4.78, 5) is 29.0. The van der Waals surface area contributed by atoms with Crippen LogP contribution in [0.5, 0.6) is 0 Å². The van der Waals surface area contributed by atoms with Gasteiger partial charge in [0.15, 0.2) is 0 Å². The highest BCUT2D eigenvalue weighted by Gasteiger charge is 2.28. The zero-order chi connectivity index (χ0) is 14.4. The Balaban J connectivity index is 2.19. The minimum atomic E-state index is -0.534. The highest BCUT2D eigenvalue weighted by molar-refractivity contribution is 7.17. The molecule has 1 aliphatic rings. The molecule has 7 heteroatoms. The second kappa shape index (κ2) is 4.45. The molecule has 104 valence electrons.